The lowest BCUT2D eigenvalue weighted by Crippen LogP contribution is -2.29. The molecule has 17 heavy (non-hydrogen) atoms. The molecule has 0 spiro atoms. The maximum Gasteiger partial charge on any atom is 0.257 e. The lowest BCUT2D eigenvalue weighted by atomic mass is 10.2. The Morgan fingerprint density at radius 2 is 1.88 bits per heavy atom. The number of aromatic nitrogens is 1. The van der Waals surface area contributed by atoms with E-state index >= 15 is 0 Å². The van der Waals surface area contributed by atoms with Gasteiger partial charge in [0, 0.05) is 38.7 Å². The smallest absolute Gasteiger partial charge is 0.257 e. The molecule has 1 rings (SSSR count). The van der Waals surface area contributed by atoms with Crippen molar-refractivity contribution in [3.05, 3.63) is 22.3 Å². The van der Waals surface area contributed by atoms with Crippen molar-refractivity contribution in [2.75, 3.05) is 26.0 Å². The number of carbonyl (C=O) groups excluding carboxylic acids is 2. The van der Waals surface area contributed by atoms with Crippen molar-refractivity contribution < 1.29 is 9.59 Å². The SMILES string of the molecule is CC(=O)N(C)c1ncc(Br)cc1C(=O)N(C)C. The molecule has 0 aliphatic heterocycles. The van der Waals surface area contributed by atoms with Crippen molar-refractivity contribution in [1.29, 1.82) is 0 Å². The Balaban J connectivity index is 3.31. The van der Waals surface area contributed by atoms with E-state index in [1.54, 1.807) is 33.4 Å². The van der Waals surface area contributed by atoms with E-state index in [1.165, 1.54) is 16.7 Å². The molecule has 0 unspecified atom stereocenters. The fraction of sp³-hybridized carbons (Fsp3) is 0.364. The molecule has 0 radical (unpaired) electrons. The van der Waals surface area contributed by atoms with E-state index in [0.29, 0.717) is 15.9 Å². The van der Waals surface area contributed by atoms with Crippen LogP contribution in [0.25, 0.3) is 0 Å². The molecule has 0 fully saturated rings. The summed E-state index contributed by atoms with van der Waals surface area (Å²) in [6.07, 6.45) is 1.56. The van der Waals surface area contributed by atoms with Gasteiger partial charge in [-0.15, -0.1) is 0 Å². The minimum atomic E-state index is -0.193. The van der Waals surface area contributed by atoms with Crippen molar-refractivity contribution in [3.63, 3.8) is 0 Å². The number of amides is 2. The Kier molecular flexibility index (Phi) is 4.22. The van der Waals surface area contributed by atoms with Crippen molar-refractivity contribution in [2.45, 2.75) is 6.92 Å². The molecule has 0 aliphatic carbocycles. The van der Waals surface area contributed by atoms with Crippen molar-refractivity contribution in [1.82, 2.24) is 9.88 Å². The summed E-state index contributed by atoms with van der Waals surface area (Å²) in [5.74, 6) is -0.00562. The number of carbonyl (C=O) groups is 2. The Hall–Kier alpha value is -1.43. The van der Waals surface area contributed by atoms with Gasteiger partial charge in [0.25, 0.3) is 5.91 Å². The van der Waals surface area contributed by atoms with Gasteiger partial charge in [-0.1, -0.05) is 0 Å². The first-order valence-electron chi connectivity index (χ1n) is 4.96. The van der Waals surface area contributed by atoms with Crippen LogP contribution in [0.15, 0.2) is 16.7 Å². The summed E-state index contributed by atoms with van der Waals surface area (Å²) in [7, 11) is 4.90. The number of hydrogen-bond acceptors (Lipinski definition) is 3. The maximum absolute atomic E-state index is 12.0. The highest BCUT2D eigenvalue weighted by Crippen LogP contribution is 2.22. The molecule has 5 nitrogen and oxygen atoms in total. The van der Waals surface area contributed by atoms with Gasteiger partial charge in [-0.3, -0.25) is 14.5 Å². The lowest BCUT2D eigenvalue weighted by Gasteiger charge is -2.19. The number of anilines is 1. The zero-order chi connectivity index (χ0) is 13.2. The number of halogens is 1. The van der Waals surface area contributed by atoms with Gasteiger partial charge in [0.15, 0.2) is 0 Å². The van der Waals surface area contributed by atoms with Crippen LogP contribution in [0.3, 0.4) is 0 Å². The highest BCUT2D eigenvalue weighted by atomic mass is 79.9. The summed E-state index contributed by atoms with van der Waals surface area (Å²) in [5.41, 5.74) is 0.391. The Bertz CT molecular complexity index is 460. The van der Waals surface area contributed by atoms with Crippen LogP contribution >= 0.6 is 15.9 Å². The van der Waals surface area contributed by atoms with Gasteiger partial charge in [0.05, 0.1) is 5.56 Å². The first-order chi connectivity index (χ1) is 7.84. The minimum Gasteiger partial charge on any atom is -0.345 e. The second kappa shape index (κ2) is 5.27. The van der Waals surface area contributed by atoms with Crippen LogP contribution in [0.5, 0.6) is 0 Å². The molecular weight excluding hydrogens is 286 g/mol. The predicted octanol–water partition coefficient (Wildman–Crippen LogP) is 1.53. The normalized spacial score (nSPS) is 9.94. The van der Waals surface area contributed by atoms with Crippen LogP contribution < -0.4 is 4.90 Å². The number of nitrogens with zero attached hydrogens (tertiary/aromatic N) is 3. The van der Waals surface area contributed by atoms with E-state index in [-0.39, 0.29) is 11.8 Å². The van der Waals surface area contributed by atoms with Gasteiger partial charge in [0.1, 0.15) is 5.82 Å². The molecule has 0 N–H and O–H groups in total. The van der Waals surface area contributed by atoms with Gasteiger partial charge >= 0.3 is 0 Å². The van der Waals surface area contributed by atoms with Gasteiger partial charge in [-0.2, -0.15) is 0 Å². The second-order valence-electron chi connectivity index (χ2n) is 3.80. The minimum absolute atomic E-state index is 0.173. The fourth-order valence-electron chi connectivity index (χ4n) is 1.25. The van der Waals surface area contributed by atoms with Gasteiger partial charge in [-0.05, 0) is 22.0 Å². The fourth-order valence-corrected chi connectivity index (χ4v) is 1.58. The van der Waals surface area contributed by atoms with E-state index in [2.05, 4.69) is 20.9 Å². The molecule has 0 saturated heterocycles. The summed E-state index contributed by atoms with van der Waals surface area (Å²) in [6.45, 7) is 1.42. The number of pyridine rings is 1. The molecule has 0 aromatic carbocycles. The van der Waals surface area contributed by atoms with E-state index in [1.807, 2.05) is 0 Å². The number of hydrogen-bond donors (Lipinski definition) is 0. The third kappa shape index (κ3) is 3.03. The van der Waals surface area contributed by atoms with Crippen LogP contribution in [0, 0.1) is 0 Å². The van der Waals surface area contributed by atoms with E-state index in [4.69, 9.17) is 0 Å². The van der Waals surface area contributed by atoms with Crippen LogP contribution in [-0.4, -0.2) is 42.8 Å². The monoisotopic (exact) mass is 299 g/mol. The van der Waals surface area contributed by atoms with E-state index in [9.17, 15) is 9.59 Å². The first kappa shape index (κ1) is 13.6. The lowest BCUT2D eigenvalue weighted by molar-refractivity contribution is -0.116. The Morgan fingerprint density at radius 3 is 2.35 bits per heavy atom. The summed E-state index contributed by atoms with van der Waals surface area (Å²) >= 11 is 3.26. The zero-order valence-corrected chi connectivity index (χ0v) is 11.8. The van der Waals surface area contributed by atoms with Crippen LogP contribution in [-0.2, 0) is 4.79 Å². The largest absolute Gasteiger partial charge is 0.345 e. The summed E-state index contributed by atoms with van der Waals surface area (Å²) < 4.78 is 0.698. The standard InChI is InChI=1S/C11H14BrN3O2/c1-7(16)15(4)10-9(11(17)14(2)3)5-8(12)6-13-10/h5-6H,1-4H3. The summed E-state index contributed by atoms with van der Waals surface area (Å²) in [6, 6.07) is 1.66. The van der Waals surface area contributed by atoms with Gasteiger partial charge in [-0.25, -0.2) is 4.98 Å². The molecule has 92 valence electrons. The highest BCUT2D eigenvalue weighted by molar-refractivity contribution is 9.10. The molecule has 0 bridgehead atoms. The first-order valence-corrected chi connectivity index (χ1v) is 5.75. The molecule has 1 heterocycles. The van der Waals surface area contributed by atoms with Gasteiger partial charge < -0.3 is 4.90 Å². The molecule has 0 atom stereocenters. The molecule has 0 aliphatic rings. The average molecular weight is 300 g/mol. The molecule has 1 aromatic heterocycles. The second-order valence-corrected chi connectivity index (χ2v) is 4.72. The third-order valence-corrected chi connectivity index (χ3v) is 2.69. The zero-order valence-electron chi connectivity index (χ0n) is 10.2. The average Bonchev–Trinajstić information content (AvgIpc) is 2.26. The van der Waals surface area contributed by atoms with Crippen molar-refractivity contribution in [2.24, 2.45) is 0 Å². The molecule has 0 saturated carbocycles. The Labute approximate surface area is 109 Å². The topological polar surface area (TPSA) is 53.5 Å². The maximum atomic E-state index is 12.0. The molecule has 6 heteroatoms. The van der Waals surface area contributed by atoms with Crippen LogP contribution in [0.4, 0.5) is 5.82 Å². The summed E-state index contributed by atoms with van der Waals surface area (Å²) in [4.78, 5) is 30.2. The van der Waals surface area contributed by atoms with Crippen molar-refractivity contribution >= 4 is 33.6 Å². The third-order valence-electron chi connectivity index (χ3n) is 2.26. The van der Waals surface area contributed by atoms with E-state index in [0.717, 1.165) is 0 Å². The molecule has 1 aromatic rings. The van der Waals surface area contributed by atoms with Crippen LogP contribution in [0.2, 0.25) is 0 Å². The Morgan fingerprint density at radius 1 is 1.29 bits per heavy atom. The van der Waals surface area contributed by atoms with Gasteiger partial charge in [0.2, 0.25) is 5.91 Å². The van der Waals surface area contributed by atoms with Crippen LogP contribution in [0.1, 0.15) is 17.3 Å². The highest BCUT2D eigenvalue weighted by Gasteiger charge is 2.19. The predicted molar refractivity (Wildman–Crippen MR) is 69.0 cm³/mol. The number of rotatable bonds is 2. The van der Waals surface area contributed by atoms with E-state index < -0.39 is 0 Å². The summed E-state index contributed by atoms with van der Waals surface area (Å²) in [5, 5.41) is 0. The molecular formula is C11H14BrN3O2. The van der Waals surface area contributed by atoms with Crippen molar-refractivity contribution in [3.8, 4) is 0 Å². The molecule has 2 amide bonds. The quantitative estimate of drug-likeness (QED) is 0.832.